The Bertz CT molecular complexity index is 1570. The van der Waals surface area contributed by atoms with E-state index >= 15 is 0 Å². The van der Waals surface area contributed by atoms with Crippen molar-refractivity contribution in [3.63, 3.8) is 0 Å². The van der Waals surface area contributed by atoms with Crippen LogP contribution in [0.3, 0.4) is 0 Å². The van der Waals surface area contributed by atoms with Crippen LogP contribution in [0.15, 0.2) is 67.0 Å². The highest BCUT2D eigenvalue weighted by Crippen LogP contribution is 2.36. The van der Waals surface area contributed by atoms with Gasteiger partial charge in [0.1, 0.15) is 30.0 Å². The molecule has 5 aromatic rings. The highest BCUT2D eigenvalue weighted by Gasteiger charge is 2.13. The van der Waals surface area contributed by atoms with E-state index in [1.807, 2.05) is 68.4 Å². The zero-order valence-corrected chi connectivity index (χ0v) is 21.2. The Morgan fingerprint density at radius 2 is 1.70 bits per heavy atom. The third kappa shape index (κ3) is 5.24. The molecular weight excluding hydrogens is 468 g/mol. The number of hydrogen-bond acceptors (Lipinski definition) is 8. The lowest BCUT2D eigenvalue weighted by Gasteiger charge is -2.15. The summed E-state index contributed by atoms with van der Waals surface area (Å²) >= 11 is 0. The maximum absolute atomic E-state index is 6.28. The van der Waals surface area contributed by atoms with Crippen LogP contribution in [0, 0.1) is 13.8 Å². The molecule has 0 fully saturated rings. The molecule has 188 valence electrons. The molecule has 0 radical (unpaired) electrons. The van der Waals surface area contributed by atoms with E-state index in [1.165, 1.54) is 6.33 Å². The minimum atomic E-state index is 0.404. The van der Waals surface area contributed by atoms with Crippen molar-refractivity contribution in [2.24, 2.45) is 0 Å². The first-order valence-corrected chi connectivity index (χ1v) is 11.9. The number of methoxy groups -OCH3 is 2. The number of hydrogen-bond donors (Lipinski definition) is 1. The van der Waals surface area contributed by atoms with E-state index in [-0.39, 0.29) is 0 Å². The van der Waals surface area contributed by atoms with Gasteiger partial charge in [0.15, 0.2) is 17.2 Å². The van der Waals surface area contributed by atoms with Crippen LogP contribution in [0.25, 0.3) is 21.8 Å². The highest BCUT2D eigenvalue weighted by molar-refractivity contribution is 5.93. The Morgan fingerprint density at radius 1 is 0.811 bits per heavy atom. The normalized spacial score (nSPS) is 11.0. The van der Waals surface area contributed by atoms with Crippen molar-refractivity contribution in [3.8, 4) is 23.0 Å². The summed E-state index contributed by atoms with van der Waals surface area (Å²) in [5, 5.41) is 5.26. The molecule has 0 atom stereocenters. The number of para-hydroxylation sites is 1. The van der Waals surface area contributed by atoms with Crippen molar-refractivity contribution in [2.75, 3.05) is 32.8 Å². The van der Waals surface area contributed by atoms with E-state index in [0.717, 1.165) is 50.2 Å². The summed E-state index contributed by atoms with van der Waals surface area (Å²) in [4.78, 5) is 13.5. The van der Waals surface area contributed by atoms with Crippen LogP contribution >= 0.6 is 0 Å². The van der Waals surface area contributed by atoms with Gasteiger partial charge in [-0.25, -0.2) is 15.0 Å². The number of ether oxygens (including phenoxy) is 4. The van der Waals surface area contributed by atoms with Crippen molar-refractivity contribution in [1.29, 1.82) is 0 Å². The molecule has 1 N–H and O–H groups in total. The van der Waals surface area contributed by atoms with Gasteiger partial charge < -0.3 is 24.3 Å². The maximum Gasteiger partial charge on any atom is 0.162 e. The Morgan fingerprint density at radius 3 is 2.51 bits per heavy atom. The fraction of sp³-hybridized carbons (Fsp3) is 0.207. The quantitative estimate of drug-likeness (QED) is 0.236. The van der Waals surface area contributed by atoms with E-state index in [1.54, 1.807) is 14.2 Å². The molecule has 0 aliphatic rings. The monoisotopic (exact) mass is 496 g/mol. The number of rotatable bonds is 9. The number of anilines is 2. The summed E-state index contributed by atoms with van der Waals surface area (Å²) in [6.07, 6.45) is 1.52. The van der Waals surface area contributed by atoms with Crippen LogP contribution in [0.1, 0.15) is 11.3 Å². The van der Waals surface area contributed by atoms with Crippen LogP contribution in [-0.2, 0) is 4.74 Å². The predicted octanol–water partition coefficient (Wildman–Crippen LogP) is 6.36. The summed E-state index contributed by atoms with van der Waals surface area (Å²) in [7, 11) is 3.24. The molecule has 0 bridgehead atoms. The Kier molecular flexibility index (Phi) is 7.00. The summed E-state index contributed by atoms with van der Waals surface area (Å²) in [6.45, 7) is 4.86. The van der Waals surface area contributed by atoms with Gasteiger partial charge in [-0.05, 0) is 55.8 Å². The zero-order valence-electron chi connectivity index (χ0n) is 21.2. The fourth-order valence-corrected chi connectivity index (χ4v) is 4.07. The minimum absolute atomic E-state index is 0.404. The molecule has 2 heterocycles. The predicted molar refractivity (Wildman–Crippen MR) is 144 cm³/mol. The maximum atomic E-state index is 6.28. The minimum Gasteiger partial charge on any atom is -0.493 e. The van der Waals surface area contributed by atoms with Crippen molar-refractivity contribution in [3.05, 3.63) is 78.2 Å². The number of fused-ring (bicyclic) bond motifs is 2. The Balaban J connectivity index is 1.42. The SMILES string of the molecule is COCCOc1cc2c(Nc3ccc(Oc4cccc5ccc(C)nc45)c(C)c3)ncnc2cc1OC. The lowest BCUT2D eigenvalue weighted by molar-refractivity contribution is 0.144. The van der Waals surface area contributed by atoms with Gasteiger partial charge in [0.2, 0.25) is 0 Å². The third-order valence-electron chi connectivity index (χ3n) is 5.95. The molecule has 0 aliphatic heterocycles. The van der Waals surface area contributed by atoms with Gasteiger partial charge in [-0.2, -0.15) is 0 Å². The van der Waals surface area contributed by atoms with Gasteiger partial charge in [0, 0.05) is 35.3 Å². The molecular formula is C29H28N4O4. The molecule has 5 rings (SSSR count). The van der Waals surface area contributed by atoms with E-state index < -0.39 is 0 Å². The molecule has 0 spiro atoms. The number of nitrogens with one attached hydrogen (secondary N) is 1. The molecule has 2 aromatic heterocycles. The molecule has 0 unspecified atom stereocenters. The van der Waals surface area contributed by atoms with Crippen molar-refractivity contribution < 1.29 is 18.9 Å². The average molecular weight is 497 g/mol. The second-order valence-electron chi connectivity index (χ2n) is 8.57. The second kappa shape index (κ2) is 10.7. The summed E-state index contributed by atoms with van der Waals surface area (Å²) < 4.78 is 22.7. The smallest absolute Gasteiger partial charge is 0.162 e. The van der Waals surface area contributed by atoms with E-state index in [9.17, 15) is 0 Å². The van der Waals surface area contributed by atoms with E-state index in [2.05, 4.69) is 26.3 Å². The Hall–Kier alpha value is -4.43. The number of benzene rings is 3. The van der Waals surface area contributed by atoms with E-state index in [0.29, 0.717) is 30.5 Å². The van der Waals surface area contributed by atoms with Gasteiger partial charge in [0.25, 0.3) is 0 Å². The molecule has 8 heteroatoms. The van der Waals surface area contributed by atoms with Crippen molar-refractivity contribution in [1.82, 2.24) is 15.0 Å². The highest BCUT2D eigenvalue weighted by atomic mass is 16.5. The molecule has 3 aromatic carbocycles. The molecule has 37 heavy (non-hydrogen) atoms. The van der Waals surface area contributed by atoms with Gasteiger partial charge in [-0.3, -0.25) is 0 Å². The van der Waals surface area contributed by atoms with Gasteiger partial charge >= 0.3 is 0 Å². The van der Waals surface area contributed by atoms with Crippen LogP contribution in [0.4, 0.5) is 11.5 Å². The number of aromatic nitrogens is 3. The van der Waals surface area contributed by atoms with Gasteiger partial charge in [-0.1, -0.05) is 18.2 Å². The van der Waals surface area contributed by atoms with Gasteiger partial charge in [-0.15, -0.1) is 0 Å². The van der Waals surface area contributed by atoms with Crippen LogP contribution in [-0.4, -0.2) is 42.4 Å². The van der Waals surface area contributed by atoms with Crippen LogP contribution in [0.5, 0.6) is 23.0 Å². The first-order chi connectivity index (χ1) is 18.1. The molecule has 0 aliphatic carbocycles. The third-order valence-corrected chi connectivity index (χ3v) is 5.95. The van der Waals surface area contributed by atoms with E-state index in [4.69, 9.17) is 18.9 Å². The first kappa shape index (κ1) is 24.3. The van der Waals surface area contributed by atoms with Crippen molar-refractivity contribution in [2.45, 2.75) is 13.8 Å². The van der Waals surface area contributed by atoms with Crippen LogP contribution in [0.2, 0.25) is 0 Å². The topological polar surface area (TPSA) is 87.6 Å². The lowest BCUT2D eigenvalue weighted by Crippen LogP contribution is -2.05. The largest absolute Gasteiger partial charge is 0.493 e. The molecule has 0 saturated heterocycles. The van der Waals surface area contributed by atoms with Gasteiger partial charge in [0.05, 0.1) is 19.2 Å². The molecule has 0 amide bonds. The number of aryl methyl sites for hydroxylation is 2. The molecule has 8 nitrogen and oxygen atoms in total. The number of nitrogens with zero attached hydrogens (tertiary/aromatic N) is 3. The zero-order chi connectivity index (χ0) is 25.8. The average Bonchev–Trinajstić information content (AvgIpc) is 2.90. The summed E-state index contributed by atoms with van der Waals surface area (Å²) in [6, 6.07) is 19.6. The summed E-state index contributed by atoms with van der Waals surface area (Å²) in [5.41, 5.74) is 4.37. The van der Waals surface area contributed by atoms with Crippen molar-refractivity contribution >= 4 is 33.3 Å². The first-order valence-electron chi connectivity index (χ1n) is 11.9. The number of pyridine rings is 1. The second-order valence-corrected chi connectivity index (χ2v) is 8.57. The lowest BCUT2D eigenvalue weighted by atomic mass is 10.1. The summed E-state index contributed by atoms with van der Waals surface area (Å²) in [5.74, 6) is 3.34. The molecule has 0 saturated carbocycles. The standard InChI is InChI=1S/C29H28N4O4/c1-18-14-21(10-11-24(18)37-25-7-5-6-20-9-8-19(2)32-28(20)25)33-29-22-15-27(36-13-12-34-3)26(35-4)16-23(22)30-17-31-29/h5-11,14-17H,12-13H2,1-4H3,(H,30,31,33). The van der Waals surface area contributed by atoms with Crippen LogP contribution < -0.4 is 19.5 Å². The fourth-order valence-electron chi connectivity index (χ4n) is 4.07. The Labute approximate surface area is 215 Å².